The average molecular weight is 385 g/mol. The van der Waals surface area contributed by atoms with E-state index in [1.807, 2.05) is 37.3 Å². The lowest BCUT2D eigenvalue weighted by atomic mass is 10.0. The Balaban J connectivity index is 2.58. The van der Waals surface area contributed by atoms with Gasteiger partial charge in [-0.05, 0) is 18.9 Å². The monoisotopic (exact) mass is 385 g/mol. The van der Waals surface area contributed by atoms with Crippen molar-refractivity contribution in [2.24, 2.45) is 5.92 Å². The molecule has 3 atom stereocenters. The van der Waals surface area contributed by atoms with Crippen molar-refractivity contribution in [2.75, 3.05) is 13.3 Å². The van der Waals surface area contributed by atoms with E-state index in [0.29, 0.717) is 6.42 Å². The Kier molecular flexibility index (Phi) is 9.38. The van der Waals surface area contributed by atoms with Crippen LogP contribution >= 0.6 is 7.37 Å². The number of unbranched alkanes of at least 4 members (excludes halogenated alkanes) is 1. The molecule has 0 bridgehead atoms. The number of methoxy groups -OCH3 is 1. The Morgan fingerprint density at radius 2 is 1.92 bits per heavy atom. The summed E-state index contributed by atoms with van der Waals surface area (Å²) in [6.07, 6.45) is 1.07. The van der Waals surface area contributed by atoms with Crippen molar-refractivity contribution >= 4 is 19.4 Å². The number of hydrogen-bond donors (Lipinski definition) is 2. The molecule has 2 N–H and O–H groups in total. The Morgan fingerprint density at radius 3 is 2.50 bits per heavy atom. The minimum Gasteiger partial charge on any atom is -0.469 e. The first-order valence-corrected chi connectivity index (χ1v) is 10.6. The number of alkyl carbamates (subject to hydrolysis) is 1. The zero-order valence-corrected chi connectivity index (χ0v) is 16.4. The molecule has 0 aromatic heterocycles. The summed E-state index contributed by atoms with van der Waals surface area (Å²) in [6.45, 7) is 3.47. The number of benzene rings is 1. The molecule has 0 saturated carbocycles. The smallest absolute Gasteiger partial charge is 0.408 e. The second-order valence-corrected chi connectivity index (χ2v) is 8.83. The van der Waals surface area contributed by atoms with Crippen LogP contribution in [0.15, 0.2) is 30.3 Å². The van der Waals surface area contributed by atoms with Crippen LogP contribution in [-0.4, -0.2) is 36.0 Å². The molecule has 0 radical (unpaired) electrons. The van der Waals surface area contributed by atoms with Gasteiger partial charge in [0.15, 0.2) is 0 Å². The zero-order chi connectivity index (χ0) is 19.6. The second kappa shape index (κ2) is 11.0. The van der Waals surface area contributed by atoms with E-state index >= 15 is 0 Å². The molecule has 0 heterocycles. The van der Waals surface area contributed by atoms with Crippen molar-refractivity contribution in [1.82, 2.24) is 5.32 Å². The topological polar surface area (TPSA) is 102 Å². The number of nitrogens with one attached hydrogen (secondary N) is 1. The third kappa shape index (κ3) is 7.58. The standard InChI is InChI=1S/C18H28NO6P/c1-4-5-11-16(17(20)24-3)13-26(22,23)14(2)19-18(21)25-12-15-9-7-6-8-10-15/h6-10,14,16H,4-5,11-13H2,1-3H3,(H,19,21)(H,22,23). The Morgan fingerprint density at radius 1 is 1.27 bits per heavy atom. The third-order valence-corrected chi connectivity index (χ3v) is 6.37. The Hall–Kier alpha value is -1.85. The van der Waals surface area contributed by atoms with Crippen LogP contribution in [0.4, 0.5) is 4.79 Å². The highest BCUT2D eigenvalue weighted by atomic mass is 31.2. The first kappa shape index (κ1) is 22.2. The third-order valence-electron chi connectivity index (χ3n) is 4.07. The number of amides is 1. The molecule has 1 aromatic rings. The molecule has 0 saturated heterocycles. The molecule has 0 aliphatic heterocycles. The first-order chi connectivity index (χ1) is 12.3. The normalized spacial score (nSPS) is 15.4. The van der Waals surface area contributed by atoms with Crippen LogP contribution in [0.5, 0.6) is 0 Å². The van der Waals surface area contributed by atoms with Crippen molar-refractivity contribution in [3.05, 3.63) is 35.9 Å². The van der Waals surface area contributed by atoms with Gasteiger partial charge in [-0.3, -0.25) is 9.36 Å². The zero-order valence-electron chi connectivity index (χ0n) is 15.5. The fourth-order valence-corrected chi connectivity index (χ4v) is 4.00. The predicted molar refractivity (Wildman–Crippen MR) is 98.9 cm³/mol. The number of esters is 1. The number of carbonyl (C=O) groups excluding carboxylic acids is 2. The molecular weight excluding hydrogens is 357 g/mol. The van der Waals surface area contributed by atoms with Gasteiger partial charge < -0.3 is 19.7 Å². The van der Waals surface area contributed by atoms with E-state index in [1.165, 1.54) is 14.0 Å². The molecule has 0 aliphatic carbocycles. The summed E-state index contributed by atoms with van der Waals surface area (Å²) >= 11 is 0. The van der Waals surface area contributed by atoms with Gasteiger partial charge in [-0.25, -0.2) is 4.79 Å². The lowest BCUT2D eigenvalue weighted by Crippen LogP contribution is -2.35. The van der Waals surface area contributed by atoms with Gasteiger partial charge in [0.25, 0.3) is 0 Å². The summed E-state index contributed by atoms with van der Waals surface area (Å²) in [5.74, 6) is -2.20. The van der Waals surface area contributed by atoms with Crippen molar-refractivity contribution in [1.29, 1.82) is 0 Å². The van der Waals surface area contributed by atoms with E-state index in [9.17, 15) is 19.0 Å². The average Bonchev–Trinajstić information content (AvgIpc) is 2.63. The minimum absolute atomic E-state index is 0.0659. The van der Waals surface area contributed by atoms with E-state index in [-0.39, 0.29) is 12.8 Å². The fourth-order valence-electron chi connectivity index (χ4n) is 2.41. The van der Waals surface area contributed by atoms with Gasteiger partial charge in [0.2, 0.25) is 7.37 Å². The fraction of sp³-hybridized carbons (Fsp3) is 0.556. The summed E-state index contributed by atoms with van der Waals surface area (Å²) in [5.41, 5.74) is 0.813. The van der Waals surface area contributed by atoms with E-state index < -0.39 is 31.1 Å². The SMILES string of the molecule is CCCCC(CP(=O)(O)C(C)NC(=O)OCc1ccccc1)C(=O)OC. The van der Waals surface area contributed by atoms with Crippen molar-refractivity contribution in [3.8, 4) is 0 Å². The van der Waals surface area contributed by atoms with Crippen molar-refractivity contribution < 1.29 is 28.5 Å². The maximum absolute atomic E-state index is 12.6. The molecule has 0 aliphatic rings. The van der Waals surface area contributed by atoms with Gasteiger partial charge in [0, 0.05) is 6.16 Å². The molecule has 1 amide bonds. The maximum Gasteiger partial charge on any atom is 0.408 e. The molecule has 26 heavy (non-hydrogen) atoms. The summed E-state index contributed by atoms with van der Waals surface area (Å²) in [5, 5.41) is 2.38. The van der Waals surface area contributed by atoms with E-state index in [2.05, 4.69) is 5.32 Å². The van der Waals surface area contributed by atoms with Gasteiger partial charge in [-0.2, -0.15) is 0 Å². The van der Waals surface area contributed by atoms with Crippen molar-refractivity contribution in [3.63, 3.8) is 0 Å². The van der Waals surface area contributed by atoms with Gasteiger partial charge in [0.05, 0.1) is 13.0 Å². The highest BCUT2D eigenvalue weighted by Gasteiger charge is 2.35. The van der Waals surface area contributed by atoms with E-state index in [0.717, 1.165) is 18.4 Å². The quantitative estimate of drug-likeness (QED) is 0.472. The molecule has 8 heteroatoms. The minimum atomic E-state index is -3.81. The van der Waals surface area contributed by atoms with Gasteiger partial charge in [-0.1, -0.05) is 50.1 Å². The molecule has 1 aromatic carbocycles. The predicted octanol–water partition coefficient (Wildman–Crippen LogP) is 3.51. The van der Waals surface area contributed by atoms with Gasteiger partial charge >= 0.3 is 12.1 Å². The maximum atomic E-state index is 12.6. The Labute approximate surface area is 154 Å². The molecule has 0 fully saturated rings. The highest BCUT2D eigenvalue weighted by molar-refractivity contribution is 7.58. The summed E-state index contributed by atoms with van der Waals surface area (Å²) in [6, 6.07) is 9.11. The number of carbonyl (C=O) groups is 2. The molecular formula is C18H28NO6P. The number of hydrogen-bond acceptors (Lipinski definition) is 5. The Bertz CT molecular complexity index is 621. The first-order valence-electron chi connectivity index (χ1n) is 8.66. The molecule has 146 valence electrons. The van der Waals surface area contributed by atoms with Crippen LogP contribution in [0, 0.1) is 5.92 Å². The molecule has 1 rings (SSSR count). The van der Waals surface area contributed by atoms with Crippen LogP contribution < -0.4 is 5.32 Å². The second-order valence-electron chi connectivity index (χ2n) is 6.18. The van der Waals surface area contributed by atoms with Crippen LogP contribution in [0.2, 0.25) is 0 Å². The van der Waals surface area contributed by atoms with Crippen LogP contribution in [0.3, 0.4) is 0 Å². The summed E-state index contributed by atoms with van der Waals surface area (Å²) in [7, 11) is -2.55. The lowest BCUT2D eigenvalue weighted by Gasteiger charge is -2.24. The van der Waals surface area contributed by atoms with Crippen LogP contribution in [0.1, 0.15) is 38.7 Å². The van der Waals surface area contributed by atoms with Crippen LogP contribution in [0.25, 0.3) is 0 Å². The van der Waals surface area contributed by atoms with E-state index in [4.69, 9.17) is 9.47 Å². The van der Waals surface area contributed by atoms with E-state index in [1.54, 1.807) is 0 Å². The molecule has 0 spiro atoms. The largest absolute Gasteiger partial charge is 0.469 e. The lowest BCUT2D eigenvalue weighted by molar-refractivity contribution is -0.145. The van der Waals surface area contributed by atoms with Gasteiger partial charge in [-0.15, -0.1) is 0 Å². The summed E-state index contributed by atoms with van der Waals surface area (Å²) in [4.78, 5) is 34.0. The highest BCUT2D eigenvalue weighted by Crippen LogP contribution is 2.47. The summed E-state index contributed by atoms with van der Waals surface area (Å²) < 4.78 is 22.4. The molecule has 3 unspecified atom stereocenters. The van der Waals surface area contributed by atoms with Crippen molar-refractivity contribution in [2.45, 2.75) is 45.5 Å². The molecule has 7 nitrogen and oxygen atoms in total. The number of rotatable bonds is 10. The van der Waals surface area contributed by atoms with Crippen LogP contribution in [-0.2, 0) is 25.4 Å². The number of ether oxygens (including phenoxy) is 2. The van der Waals surface area contributed by atoms with Gasteiger partial charge in [0.1, 0.15) is 12.4 Å².